The molecule has 1 aromatic heterocycles. The van der Waals surface area contributed by atoms with Gasteiger partial charge in [-0.2, -0.15) is 4.98 Å². The highest BCUT2D eigenvalue weighted by Crippen LogP contribution is 2.20. The number of hydrogen-bond acceptors (Lipinski definition) is 4. The lowest BCUT2D eigenvalue weighted by atomic mass is 10.2. The molecule has 0 amide bonds. The van der Waals surface area contributed by atoms with Crippen LogP contribution in [0.25, 0.3) is 0 Å². The minimum Gasteiger partial charge on any atom is -0.366 e. The van der Waals surface area contributed by atoms with Gasteiger partial charge in [-0.15, -0.1) is 0 Å². The molecule has 23 heavy (non-hydrogen) atoms. The molecular weight excluding hydrogens is 291 g/mol. The second-order valence-electron chi connectivity index (χ2n) is 5.08. The van der Waals surface area contributed by atoms with Crippen molar-refractivity contribution in [2.24, 2.45) is 0 Å². The molecule has 0 saturated carbocycles. The first-order chi connectivity index (χ1) is 11.2. The summed E-state index contributed by atoms with van der Waals surface area (Å²) in [6.45, 7) is 0.373. The molecule has 3 aromatic rings. The Hall–Kier alpha value is -2.95. The van der Waals surface area contributed by atoms with Crippen LogP contribution in [-0.4, -0.2) is 17.0 Å². The fourth-order valence-electron chi connectivity index (χ4n) is 2.20. The Bertz CT molecular complexity index is 777. The topological polar surface area (TPSA) is 41.1 Å². The van der Waals surface area contributed by atoms with E-state index in [0.717, 1.165) is 5.69 Å². The highest BCUT2D eigenvalue weighted by Gasteiger charge is 2.08. The lowest BCUT2D eigenvalue weighted by molar-refractivity contribution is 0.613. The van der Waals surface area contributed by atoms with Gasteiger partial charge in [0.15, 0.2) is 0 Å². The molecule has 0 unspecified atom stereocenters. The second kappa shape index (κ2) is 6.87. The average molecular weight is 308 g/mol. The van der Waals surface area contributed by atoms with Gasteiger partial charge < -0.3 is 10.2 Å². The molecule has 0 atom stereocenters. The maximum atomic E-state index is 13.6. The minimum atomic E-state index is -0.226. The highest BCUT2D eigenvalue weighted by atomic mass is 19.1. The van der Waals surface area contributed by atoms with E-state index in [1.165, 1.54) is 6.07 Å². The maximum absolute atomic E-state index is 13.6. The molecule has 4 nitrogen and oxygen atoms in total. The van der Waals surface area contributed by atoms with Crippen molar-refractivity contribution in [2.45, 2.75) is 6.54 Å². The van der Waals surface area contributed by atoms with Gasteiger partial charge in [-0.05, 0) is 24.3 Å². The molecule has 0 aliphatic rings. The number of para-hydroxylation sites is 1. The van der Waals surface area contributed by atoms with E-state index in [9.17, 15) is 4.39 Å². The van der Waals surface area contributed by atoms with E-state index in [-0.39, 0.29) is 5.82 Å². The summed E-state index contributed by atoms with van der Waals surface area (Å²) in [7, 11) is 1.91. The summed E-state index contributed by atoms with van der Waals surface area (Å²) >= 11 is 0. The predicted octanol–water partition coefficient (Wildman–Crippen LogP) is 4.00. The van der Waals surface area contributed by atoms with Crippen LogP contribution in [0.2, 0.25) is 0 Å². The Morgan fingerprint density at radius 3 is 2.52 bits per heavy atom. The number of aromatic nitrogens is 2. The van der Waals surface area contributed by atoms with E-state index in [2.05, 4.69) is 15.3 Å². The summed E-state index contributed by atoms with van der Waals surface area (Å²) in [5.74, 6) is 1.01. The predicted molar refractivity (Wildman–Crippen MR) is 90.3 cm³/mol. The third kappa shape index (κ3) is 3.63. The molecule has 2 aromatic carbocycles. The largest absolute Gasteiger partial charge is 0.366 e. The number of nitrogens with one attached hydrogen (secondary N) is 1. The Morgan fingerprint density at radius 1 is 1.00 bits per heavy atom. The summed E-state index contributed by atoms with van der Waals surface area (Å²) in [6.07, 6.45) is 1.69. The molecule has 1 heterocycles. The van der Waals surface area contributed by atoms with Crippen LogP contribution in [0.4, 0.5) is 21.8 Å². The lowest BCUT2D eigenvalue weighted by Gasteiger charge is -2.17. The van der Waals surface area contributed by atoms with E-state index in [1.54, 1.807) is 24.4 Å². The lowest BCUT2D eigenvalue weighted by Crippen LogP contribution is -2.14. The van der Waals surface area contributed by atoms with Crippen molar-refractivity contribution in [1.29, 1.82) is 0 Å². The Morgan fingerprint density at radius 2 is 1.74 bits per heavy atom. The zero-order valence-electron chi connectivity index (χ0n) is 12.8. The van der Waals surface area contributed by atoms with Gasteiger partial charge in [0.05, 0.1) is 0 Å². The monoisotopic (exact) mass is 308 g/mol. The van der Waals surface area contributed by atoms with Gasteiger partial charge in [0.25, 0.3) is 0 Å². The Kier molecular flexibility index (Phi) is 4.47. The van der Waals surface area contributed by atoms with Gasteiger partial charge in [-0.3, -0.25) is 0 Å². The second-order valence-corrected chi connectivity index (χ2v) is 5.08. The van der Waals surface area contributed by atoms with Gasteiger partial charge in [0.1, 0.15) is 11.6 Å². The van der Waals surface area contributed by atoms with Crippen LogP contribution in [-0.2, 0) is 6.54 Å². The first-order valence-electron chi connectivity index (χ1n) is 7.33. The highest BCUT2D eigenvalue weighted by molar-refractivity contribution is 5.57. The van der Waals surface area contributed by atoms with Gasteiger partial charge in [0.2, 0.25) is 5.95 Å². The van der Waals surface area contributed by atoms with Gasteiger partial charge >= 0.3 is 0 Å². The standard InChI is InChI=1S/C18H17FN4/c1-23(15-8-3-2-4-9-15)18-20-12-11-17(22-18)21-13-14-7-5-6-10-16(14)19/h2-12H,13H2,1H3,(H,20,21,22). The van der Waals surface area contributed by atoms with Crippen molar-refractivity contribution >= 4 is 17.5 Å². The smallest absolute Gasteiger partial charge is 0.231 e. The fourth-order valence-corrected chi connectivity index (χ4v) is 2.20. The molecule has 0 spiro atoms. The molecule has 0 fully saturated rings. The summed E-state index contributed by atoms with van der Waals surface area (Å²) in [5, 5.41) is 3.13. The van der Waals surface area contributed by atoms with Crippen molar-refractivity contribution < 1.29 is 4.39 Å². The van der Waals surface area contributed by atoms with Crippen LogP contribution in [0.1, 0.15) is 5.56 Å². The van der Waals surface area contributed by atoms with Crippen molar-refractivity contribution in [3.05, 3.63) is 78.2 Å². The molecule has 0 radical (unpaired) electrons. The van der Waals surface area contributed by atoms with Gasteiger partial charge in [-0.1, -0.05) is 36.4 Å². The molecule has 116 valence electrons. The molecule has 0 saturated heterocycles. The molecule has 0 aliphatic carbocycles. The van der Waals surface area contributed by atoms with E-state index in [0.29, 0.717) is 23.9 Å². The Balaban J connectivity index is 1.74. The van der Waals surface area contributed by atoms with Crippen molar-refractivity contribution in [3.63, 3.8) is 0 Å². The third-order valence-electron chi connectivity index (χ3n) is 3.50. The fraction of sp³-hybridized carbons (Fsp3) is 0.111. The molecule has 0 aliphatic heterocycles. The zero-order valence-corrected chi connectivity index (χ0v) is 12.8. The summed E-state index contributed by atoms with van der Waals surface area (Å²) in [6, 6.07) is 18.3. The van der Waals surface area contributed by atoms with Crippen LogP contribution >= 0.6 is 0 Å². The molecule has 1 N–H and O–H groups in total. The van der Waals surface area contributed by atoms with E-state index in [1.807, 2.05) is 48.3 Å². The molecular formula is C18H17FN4. The van der Waals surface area contributed by atoms with Crippen LogP contribution in [0.3, 0.4) is 0 Å². The number of rotatable bonds is 5. The maximum Gasteiger partial charge on any atom is 0.231 e. The summed E-state index contributed by atoms with van der Waals surface area (Å²) < 4.78 is 13.6. The van der Waals surface area contributed by atoms with Gasteiger partial charge in [-0.25, -0.2) is 9.37 Å². The quantitative estimate of drug-likeness (QED) is 0.773. The molecule has 5 heteroatoms. The van der Waals surface area contributed by atoms with Crippen LogP contribution in [0.5, 0.6) is 0 Å². The average Bonchev–Trinajstić information content (AvgIpc) is 2.61. The molecule has 0 bridgehead atoms. The van der Waals surface area contributed by atoms with Crippen LogP contribution in [0, 0.1) is 5.82 Å². The van der Waals surface area contributed by atoms with Crippen molar-refractivity contribution in [1.82, 2.24) is 9.97 Å². The number of nitrogens with zero attached hydrogens (tertiary/aromatic N) is 3. The van der Waals surface area contributed by atoms with E-state index < -0.39 is 0 Å². The minimum absolute atomic E-state index is 0.226. The normalized spacial score (nSPS) is 10.3. The number of hydrogen-bond donors (Lipinski definition) is 1. The first kappa shape index (κ1) is 15.0. The van der Waals surface area contributed by atoms with E-state index >= 15 is 0 Å². The SMILES string of the molecule is CN(c1ccccc1)c1nccc(NCc2ccccc2F)n1. The van der Waals surface area contributed by atoms with E-state index in [4.69, 9.17) is 0 Å². The summed E-state index contributed by atoms with van der Waals surface area (Å²) in [4.78, 5) is 10.7. The molecule has 3 rings (SSSR count). The third-order valence-corrected chi connectivity index (χ3v) is 3.50. The van der Waals surface area contributed by atoms with Crippen molar-refractivity contribution in [3.8, 4) is 0 Å². The zero-order chi connectivity index (χ0) is 16.1. The number of halogens is 1. The summed E-state index contributed by atoms with van der Waals surface area (Å²) in [5.41, 5.74) is 1.60. The van der Waals surface area contributed by atoms with Crippen LogP contribution in [0.15, 0.2) is 66.9 Å². The van der Waals surface area contributed by atoms with Crippen LogP contribution < -0.4 is 10.2 Å². The van der Waals surface area contributed by atoms with Gasteiger partial charge in [0, 0.05) is 31.0 Å². The first-order valence-corrected chi connectivity index (χ1v) is 7.33. The van der Waals surface area contributed by atoms with Crippen molar-refractivity contribution in [2.75, 3.05) is 17.3 Å². The number of anilines is 3. The number of benzene rings is 2. The Labute approximate surface area is 134 Å².